The maximum absolute atomic E-state index is 8.74. The minimum Gasteiger partial charge on any atom is -0.363 e. The number of nitrogens with zero attached hydrogens (tertiary/aromatic N) is 3. The van der Waals surface area contributed by atoms with Crippen LogP contribution < -0.4 is 10.2 Å². The summed E-state index contributed by atoms with van der Waals surface area (Å²) in [4.78, 5) is 2.30. The molecular weight excluding hydrogens is 272 g/mol. The van der Waals surface area contributed by atoms with E-state index >= 15 is 0 Å². The Hall–Kier alpha value is -3.24. The van der Waals surface area contributed by atoms with Gasteiger partial charge >= 0.3 is 0 Å². The molecular formula is C18H14N4. The maximum Gasteiger partial charge on any atom is 0.145 e. The van der Waals surface area contributed by atoms with Gasteiger partial charge < -0.3 is 10.2 Å². The molecule has 0 radical (unpaired) electrons. The molecule has 1 aliphatic heterocycles. The first kappa shape index (κ1) is 13.7. The summed E-state index contributed by atoms with van der Waals surface area (Å²) in [6.45, 7) is 1.80. The van der Waals surface area contributed by atoms with Gasteiger partial charge in [0.25, 0.3) is 0 Å². The molecule has 0 saturated carbocycles. The van der Waals surface area contributed by atoms with Gasteiger partial charge in [-0.1, -0.05) is 30.3 Å². The molecule has 0 atom stereocenters. The van der Waals surface area contributed by atoms with E-state index in [2.05, 4.69) is 40.5 Å². The lowest BCUT2D eigenvalue weighted by molar-refractivity contribution is 0.881. The molecule has 0 aliphatic carbocycles. The van der Waals surface area contributed by atoms with Crippen LogP contribution in [0.25, 0.3) is 0 Å². The molecule has 2 aromatic carbocycles. The SMILES string of the molecule is N#CC(C#N)=CNc1cccc(N2Cc3ccccc3C2)c1. The van der Waals surface area contributed by atoms with Crippen LogP contribution in [-0.4, -0.2) is 0 Å². The number of nitrogens with one attached hydrogen (secondary N) is 1. The van der Waals surface area contributed by atoms with Crippen LogP contribution in [0.2, 0.25) is 0 Å². The number of rotatable bonds is 3. The minimum absolute atomic E-state index is 0.0546. The van der Waals surface area contributed by atoms with Gasteiger partial charge in [0.15, 0.2) is 0 Å². The number of fused-ring (bicyclic) bond motifs is 1. The Balaban J connectivity index is 1.78. The van der Waals surface area contributed by atoms with E-state index in [0.717, 1.165) is 24.5 Å². The van der Waals surface area contributed by atoms with E-state index in [4.69, 9.17) is 10.5 Å². The maximum atomic E-state index is 8.74. The molecule has 106 valence electrons. The first-order valence-electron chi connectivity index (χ1n) is 6.99. The second kappa shape index (κ2) is 6.03. The molecule has 1 aliphatic rings. The molecule has 0 amide bonds. The highest BCUT2D eigenvalue weighted by Gasteiger charge is 2.18. The first-order chi connectivity index (χ1) is 10.8. The Morgan fingerprint density at radius 3 is 2.32 bits per heavy atom. The van der Waals surface area contributed by atoms with Gasteiger partial charge in [-0.25, -0.2) is 0 Å². The van der Waals surface area contributed by atoms with Crippen molar-refractivity contribution in [3.05, 3.63) is 71.4 Å². The zero-order valence-corrected chi connectivity index (χ0v) is 12.0. The zero-order chi connectivity index (χ0) is 15.4. The lowest BCUT2D eigenvalue weighted by atomic mass is 10.1. The normalized spacial score (nSPS) is 12.0. The summed E-state index contributed by atoms with van der Waals surface area (Å²) in [5.41, 5.74) is 4.74. The molecule has 4 heteroatoms. The zero-order valence-electron chi connectivity index (χ0n) is 12.0. The number of benzene rings is 2. The highest BCUT2D eigenvalue weighted by atomic mass is 15.1. The van der Waals surface area contributed by atoms with Crippen molar-refractivity contribution in [2.75, 3.05) is 10.2 Å². The summed E-state index contributed by atoms with van der Waals surface area (Å²) in [6, 6.07) is 20.1. The number of anilines is 2. The fraction of sp³-hybridized carbons (Fsp3) is 0.111. The van der Waals surface area contributed by atoms with E-state index in [1.54, 1.807) is 0 Å². The summed E-state index contributed by atoms with van der Waals surface area (Å²) in [6.07, 6.45) is 1.43. The van der Waals surface area contributed by atoms with Crippen LogP contribution in [0.5, 0.6) is 0 Å². The standard InChI is InChI=1S/C18H14N4/c19-9-14(10-20)11-21-17-6-3-7-18(8-17)22-12-15-4-1-2-5-16(15)13-22/h1-8,11,21H,12-13H2. The molecule has 1 heterocycles. The summed E-state index contributed by atoms with van der Waals surface area (Å²) in [7, 11) is 0. The second-order valence-corrected chi connectivity index (χ2v) is 5.10. The smallest absolute Gasteiger partial charge is 0.145 e. The molecule has 0 unspecified atom stereocenters. The fourth-order valence-electron chi connectivity index (χ4n) is 2.55. The Kier molecular flexibility index (Phi) is 3.76. The van der Waals surface area contributed by atoms with Gasteiger partial charge in [0, 0.05) is 30.7 Å². The molecule has 22 heavy (non-hydrogen) atoms. The van der Waals surface area contributed by atoms with Crippen molar-refractivity contribution in [1.82, 2.24) is 0 Å². The van der Waals surface area contributed by atoms with Crippen LogP contribution in [0.1, 0.15) is 11.1 Å². The van der Waals surface area contributed by atoms with Crippen LogP contribution in [0.3, 0.4) is 0 Å². The lowest BCUT2D eigenvalue weighted by Gasteiger charge is -2.18. The van der Waals surface area contributed by atoms with E-state index in [9.17, 15) is 0 Å². The summed E-state index contributed by atoms with van der Waals surface area (Å²) < 4.78 is 0. The van der Waals surface area contributed by atoms with Gasteiger partial charge in [-0.05, 0) is 29.3 Å². The van der Waals surface area contributed by atoms with E-state index in [1.165, 1.54) is 17.3 Å². The Morgan fingerprint density at radius 2 is 1.68 bits per heavy atom. The van der Waals surface area contributed by atoms with E-state index < -0.39 is 0 Å². The van der Waals surface area contributed by atoms with Crippen LogP contribution in [0, 0.1) is 22.7 Å². The lowest BCUT2D eigenvalue weighted by Crippen LogP contribution is -2.14. The largest absolute Gasteiger partial charge is 0.363 e. The van der Waals surface area contributed by atoms with Crippen molar-refractivity contribution in [3.63, 3.8) is 0 Å². The topological polar surface area (TPSA) is 62.9 Å². The third-order valence-electron chi connectivity index (χ3n) is 3.68. The molecule has 2 aromatic rings. The van der Waals surface area contributed by atoms with Gasteiger partial charge in [-0.3, -0.25) is 0 Å². The predicted molar refractivity (Wildman–Crippen MR) is 85.7 cm³/mol. The third-order valence-corrected chi connectivity index (χ3v) is 3.68. The van der Waals surface area contributed by atoms with Crippen molar-refractivity contribution < 1.29 is 0 Å². The highest BCUT2D eigenvalue weighted by molar-refractivity contribution is 5.61. The average Bonchev–Trinajstić information content (AvgIpc) is 3.00. The number of nitriles is 2. The fourth-order valence-corrected chi connectivity index (χ4v) is 2.55. The Bertz CT molecular complexity index is 767. The second-order valence-electron chi connectivity index (χ2n) is 5.10. The Labute approximate surface area is 129 Å². The monoisotopic (exact) mass is 286 g/mol. The Morgan fingerprint density at radius 1 is 1.00 bits per heavy atom. The molecule has 0 aromatic heterocycles. The van der Waals surface area contributed by atoms with Gasteiger partial charge in [0.05, 0.1) is 0 Å². The molecule has 4 nitrogen and oxygen atoms in total. The van der Waals surface area contributed by atoms with Crippen molar-refractivity contribution in [2.24, 2.45) is 0 Å². The number of hydrogen-bond donors (Lipinski definition) is 1. The van der Waals surface area contributed by atoms with Crippen molar-refractivity contribution >= 4 is 11.4 Å². The van der Waals surface area contributed by atoms with Crippen LogP contribution in [0.15, 0.2) is 60.3 Å². The summed E-state index contributed by atoms with van der Waals surface area (Å²) >= 11 is 0. The molecule has 0 spiro atoms. The van der Waals surface area contributed by atoms with Gasteiger partial charge in [-0.15, -0.1) is 0 Å². The van der Waals surface area contributed by atoms with Crippen LogP contribution in [0.4, 0.5) is 11.4 Å². The van der Waals surface area contributed by atoms with Crippen molar-refractivity contribution in [1.29, 1.82) is 10.5 Å². The molecule has 0 bridgehead atoms. The van der Waals surface area contributed by atoms with E-state index in [-0.39, 0.29) is 5.57 Å². The quantitative estimate of drug-likeness (QED) is 0.876. The highest BCUT2D eigenvalue weighted by Crippen LogP contribution is 2.29. The van der Waals surface area contributed by atoms with Crippen molar-refractivity contribution in [2.45, 2.75) is 13.1 Å². The molecule has 3 rings (SSSR count). The number of allylic oxidation sites excluding steroid dienone is 1. The predicted octanol–water partition coefficient (Wildman–Crippen LogP) is 3.55. The van der Waals surface area contributed by atoms with Gasteiger partial charge in [0.1, 0.15) is 17.7 Å². The van der Waals surface area contributed by atoms with Crippen LogP contribution in [-0.2, 0) is 13.1 Å². The van der Waals surface area contributed by atoms with Gasteiger partial charge in [0.2, 0.25) is 0 Å². The van der Waals surface area contributed by atoms with Gasteiger partial charge in [-0.2, -0.15) is 10.5 Å². The number of hydrogen-bond acceptors (Lipinski definition) is 4. The van der Waals surface area contributed by atoms with E-state index in [1.807, 2.05) is 30.3 Å². The van der Waals surface area contributed by atoms with Crippen LogP contribution >= 0.6 is 0 Å². The third kappa shape index (κ3) is 2.77. The molecule has 1 N–H and O–H groups in total. The minimum atomic E-state index is 0.0546. The molecule has 0 saturated heterocycles. The van der Waals surface area contributed by atoms with Crippen molar-refractivity contribution in [3.8, 4) is 12.1 Å². The molecule has 0 fully saturated rings. The first-order valence-corrected chi connectivity index (χ1v) is 6.99. The summed E-state index contributed by atoms with van der Waals surface area (Å²) in [5.74, 6) is 0. The average molecular weight is 286 g/mol. The van der Waals surface area contributed by atoms with E-state index in [0.29, 0.717) is 0 Å². The summed E-state index contributed by atoms with van der Waals surface area (Å²) in [5, 5.41) is 20.5.